The predicted octanol–water partition coefficient (Wildman–Crippen LogP) is 2.85. The van der Waals surface area contributed by atoms with Crippen molar-refractivity contribution in [1.82, 2.24) is 9.88 Å². The van der Waals surface area contributed by atoms with E-state index in [0.717, 1.165) is 22.3 Å². The van der Waals surface area contributed by atoms with Crippen molar-refractivity contribution in [2.75, 3.05) is 19.7 Å². The number of aromatic amines is 1. The highest BCUT2D eigenvalue weighted by Crippen LogP contribution is 2.26. The number of hydrogen-bond donors (Lipinski definition) is 3. The van der Waals surface area contributed by atoms with Crippen LogP contribution in [0.25, 0.3) is 22.0 Å². The molecule has 30 heavy (non-hydrogen) atoms. The normalized spacial score (nSPS) is 19.6. The highest BCUT2D eigenvalue weighted by atomic mass is 16.3. The van der Waals surface area contributed by atoms with Gasteiger partial charge in [-0.2, -0.15) is 0 Å². The van der Waals surface area contributed by atoms with Crippen LogP contribution in [0.2, 0.25) is 0 Å². The summed E-state index contributed by atoms with van der Waals surface area (Å²) in [5.74, 6) is -0.0895. The zero-order valence-corrected chi connectivity index (χ0v) is 17.0. The van der Waals surface area contributed by atoms with Crippen LogP contribution >= 0.6 is 0 Å². The molecule has 0 radical (unpaired) electrons. The molecule has 3 N–H and O–H groups in total. The Kier molecular flexibility index (Phi) is 5.45. The van der Waals surface area contributed by atoms with E-state index in [-0.39, 0.29) is 17.9 Å². The summed E-state index contributed by atoms with van der Waals surface area (Å²) < 4.78 is 0. The van der Waals surface area contributed by atoms with Crippen molar-refractivity contribution in [2.24, 2.45) is 0 Å². The van der Waals surface area contributed by atoms with Crippen LogP contribution in [0, 0.1) is 6.92 Å². The van der Waals surface area contributed by atoms with Crippen molar-refractivity contribution in [3.05, 3.63) is 70.0 Å². The summed E-state index contributed by atoms with van der Waals surface area (Å²) in [5.41, 5.74) is 2.78. The number of rotatable bonds is 3. The van der Waals surface area contributed by atoms with Gasteiger partial charge in [-0.25, -0.2) is 0 Å². The van der Waals surface area contributed by atoms with E-state index in [9.17, 15) is 19.8 Å². The fourth-order valence-electron chi connectivity index (χ4n) is 4.11. The third kappa shape index (κ3) is 4.01. The average molecular weight is 406 g/mol. The fourth-order valence-corrected chi connectivity index (χ4v) is 4.11. The molecule has 1 unspecified atom stereocenters. The molecule has 6 nitrogen and oxygen atoms in total. The predicted molar refractivity (Wildman–Crippen MR) is 117 cm³/mol. The molecular formula is C24H26N2O4. The van der Waals surface area contributed by atoms with Crippen molar-refractivity contribution in [3.63, 3.8) is 0 Å². The van der Waals surface area contributed by atoms with Gasteiger partial charge in [0, 0.05) is 41.3 Å². The number of pyridine rings is 1. The number of aliphatic hydroxyl groups is 2. The summed E-state index contributed by atoms with van der Waals surface area (Å²) in [6, 6.07) is 14.7. The van der Waals surface area contributed by atoms with Gasteiger partial charge < -0.3 is 20.1 Å². The molecule has 4 rings (SSSR count). The summed E-state index contributed by atoms with van der Waals surface area (Å²) in [6.45, 7) is 2.53. The zero-order chi connectivity index (χ0) is 21.3. The number of fused-ring (bicyclic) bond motifs is 1. The Morgan fingerprint density at radius 3 is 2.70 bits per heavy atom. The number of H-pyrrole nitrogens is 1. The van der Waals surface area contributed by atoms with Gasteiger partial charge in [0.1, 0.15) is 0 Å². The molecule has 1 aliphatic rings. The largest absolute Gasteiger partial charge is 0.393 e. The lowest BCUT2D eigenvalue weighted by atomic mass is 9.96. The molecule has 1 aliphatic heterocycles. The lowest BCUT2D eigenvalue weighted by Crippen LogP contribution is -2.36. The monoisotopic (exact) mass is 406 g/mol. The molecule has 2 aromatic carbocycles. The smallest absolute Gasteiger partial charge is 0.253 e. The first kappa shape index (κ1) is 20.3. The number of carbonyl (C=O) groups excluding carboxylic acids is 1. The van der Waals surface area contributed by atoms with E-state index in [1.165, 1.54) is 0 Å². The summed E-state index contributed by atoms with van der Waals surface area (Å²) in [7, 11) is 0. The Balaban J connectivity index is 1.62. The molecule has 1 amide bonds. The number of amides is 1. The maximum absolute atomic E-state index is 13.1. The molecule has 6 heteroatoms. The van der Waals surface area contributed by atoms with E-state index in [0.29, 0.717) is 43.3 Å². The second-order valence-corrected chi connectivity index (χ2v) is 8.19. The summed E-state index contributed by atoms with van der Waals surface area (Å²) in [4.78, 5) is 30.4. The topological polar surface area (TPSA) is 93.6 Å². The Hall–Kier alpha value is -2.96. The van der Waals surface area contributed by atoms with Crippen LogP contribution < -0.4 is 5.43 Å². The van der Waals surface area contributed by atoms with Crippen molar-refractivity contribution in [1.29, 1.82) is 0 Å². The number of nitrogens with zero attached hydrogens (tertiary/aromatic N) is 1. The van der Waals surface area contributed by atoms with Gasteiger partial charge in [-0.1, -0.05) is 18.2 Å². The number of likely N-dealkylation sites (tertiary alicyclic amines) is 1. The van der Waals surface area contributed by atoms with Crippen LogP contribution in [0.3, 0.4) is 0 Å². The standard InChI is InChI=1S/C24H26N2O4/c1-16-12-22(28)20-14-18(6-7-21(20)25-16)17-4-2-5-19(13-17)23(29)26-10-3-8-24(30,15-27)9-11-26/h2,4-7,12-14,27,30H,3,8-11,15H2,1H3,(H,25,28). The Bertz CT molecular complexity index is 1150. The molecule has 0 aliphatic carbocycles. The zero-order valence-electron chi connectivity index (χ0n) is 17.0. The van der Waals surface area contributed by atoms with Crippen LogP contribution in [-0.4, -0.2) is 51.3 Å². The lowest BCUT2D eigenvalue weighted by molar-refractivity contribution is -0.0250. The molecule has 1 atom stereocenters. The second-order valence-electron chi connectivity index (χ2n) is 8.19. The molecular weight excluding hydrogens is 380 g/mol. The van der Waals surface area contributed by atoms with Gasteiger partial charge in [-0.15, -0.1) is 0 Å². The summed E-state index contributed by atoms with van der Waals surface area (Å²) in [6.07, 6.45) is 1.50. The van der Waals surface area contributed by atoms with Crippen molar-refractivity contribution in [3.8, 4) is 11.1 Å². The first-order chi connectivity index (χ1) is 14.4. The maximum atomic E-state index is 13.1. The SMILES string of the molecule is Cc1cc(=O)c2cc(-c3cccc(C(=O)N4CCCC(O)(CO)CC4)c3)ccc2[nH]1. The Morgan fingerprint density at radius 1 is 1.10 bits per heavy atom. The minimum absolute atomic E-state index is 0.0312. The van der Waals surface area contributed by atoms with Crippen molar-refractivity contribution >= 4 is 16.8 Å². The van der Waals surface area contributed by atoms with Crippen LogP contribution in [0.4, 0.5) is 0 Å². The van der Waals surface area contributed by atoms with Gasteiger partial charge in [-0.3, -0.25) is 9.59 Å². The summed E-state index contributed by atoms with van der Waals surface area (Å²) in [5, 5.41) is 20.4. The van der Waals surface area contributed by atoms with E-state index in [4.69, 9.17) is 0 Å². The minimum atomic E-state index is -1.10. The highest BCUT2D eigenvalue weighted by molar-refractivity contribution is 5.96. The van der Waals surface area contributed by atoms with Gasteiger partial charge in [0.2, 0.25) is 0 Å². The third-order valence-electron chi connectivity index (χ3n) is 5.91. The van der Waals surface area contributed by atoms with E-state index >= 15 is 0 Å². The maximum Gasteiger partial charge on any atom is 0.253 e. The van der Waals surface area contributed by atoms with Crippen molar-refractivity contribution in [2.45, 2.75) is 31.8 Å². The molecule has 1 saturated heterocycles. The molecule has 1 fully saturated rings. The first-order valence-electron chi connectivity index (χ1n) is 10.3. The summed E-state index contributed by atoms with van der Waals surface area (Å²) >= 11 is 0. The van der Waals surface area contributed by atoms with Gasteiger partial charge in [0.25, 0.3) is 5.91 Å². The van der Waals surface area contributed by atoms with Crippen LogP contribution in [0.1, 0.15) is 35.3 Å². The quantitative estimate of drug-likeness (QED) is 0.624. The first-order valence-corrected chi connectivity index (χ1v) is 10.3. The number of aliphatic hydroxyl groups excluding tert-OH is 1. The third-order valence-corrected chi connectivity index (χ3v) is 5.91. The van der Waals surface area contributed by atoms with E-state index < -0.39 is 5.60 Å². The van der Waals surface area contributed by atoms with Crippen LogP contribution in [0.15, 0.2) is 53.3 Å². The van der Waals surface area contributed by atoms with E-state index in [2.05, 4.69) is 4.98 Å². The van der Waals surface area contributed by atoms with Gasteiger partial charge >= 0.3 is 0 Å². The van der Waals surface area contributed by atoms with E-state index in [1.807, 2.05) is 43.3 Å². The second kappa shape index (κ2) is 8.05. The number of carbonyl (C=O) groups is 1. The molecule has 3 aromatic rings. The Labute approximate surface area is 174 Å². The number of hydrogen-bond acceptors (Lipinski definition) is 4. The number of benzene rings is 2. The van der Waals surface area contributed by atoms with E-state index in [1.54, 1.807) is 17.0 Å². The molecule has 156 valence electrons. The number of aromatic nitrogens is 1. The number of aryl methyl sites for hydroxylation is 1. The molecule has 2 heterocycles. The van der Waals surface area contributed by atoms with Gasteiger partial charge in [-0.05, 0) is 61.6 Å². The van der Waals surface area contributed by atoms with Crippen LogP contribution in [-0.2, 0) is 0 Å². The Morgan fingerprint density at radius 2 is 1.90 bits per heavy atom. The molecule has 0 bridgehead atoms. The molecule has 0 saturated carbocycles. The van der Waals surface area contributed by atoms with Crippen LogP contribution in [0.5, 0.6) is 0 Å². The highest BCUT2D eigenvalue weighted by Gasteiger charge is 2.31. The van der Waals surface area contributed by atoms with Gasteiger partial charge in [0.05, 0.1) is 12.2 Å². The fraction of sp³-hybridized carbons (Fsp3) is 0.333. The lowest BCUT2D eigenvalue weighted by Gasteiger charge is -2.24. The minimum Gasteiger partial charge on any atom is -0.393 e. The van der Waals surface area contributed by atoms with Gasteiger partial charge in [0.15, 0.2) is 5.43 Å². The van der Waals surface area contributed by atoms with Crippen molar-refractivity contribution < 1.29 is 15.0 Å². The number of nitrogens with one attached hydrogen (secondary N) is 1. The average Bonchev–Trinajstić information content (AvgIpc) is 2.95. The molecule has 0 spiro atoms. The molecule has 1 aromatic heterocycles.